The third-order valence-corrected chi connectivity index (χ3v) is 3.20. The number of rotatable bonds is 6. The standard InChI is InChI=1S/C13H17ClFNO/c1-2-7-16-9-13(5-6-13)17-10-3-4-12(15)11(14)8-10/h3-4,8,16H,2,5-7,9H2,1H3. The Morgan fingerprint density at radius 3 is 2.82 bits per heavy atom. The van der Waals surface area contributed by atoms with Crippen LogP contribution in [0.4, 0.5) is 4.39 Å². The lowest BCUT2D eigenvalue weighted by Gasteiger charge is -2.18. The number of halogens is 2. The van der Waals surface area contributed by atoms with Crippen LogP contribution in [0.15, 0.2) is 18.2 Å². The molecule has 0 saturated heterocycles. The highest BCUT2D eigenvalue weighted by atomic mass is 35.5. The van der Waals surface area contributed by atoms with Crippen LogP contribution in [-0.4, -0.2) is 18.7 Å². The van der Waals surface area contributed by atoms with E-state index in [0.29, 0.717) is 5.75 Å². The van der Waals surface area contributed by atoms with E-state index in [1.807, 2.05) is 0 Å². The minimum atomic E-state index is -0.409. The molecule has 0 atom stereocenters. The molecule has 1 fully saturated rings. The van der Waals surface area contributed by atoms with E-state index >= 15 is 0 Å². The van der Waals surface area contributed by atoms with E-state index in [9.17, 15) is 4.39 Å². The molecule has 0 aliphatic heterocycles. The van der Waals surface area contributed by atoms with Crippen LogP contribution in [-0.2, 0) is 0 Å². The van der Waals surface area contributed by atoms with Crippen molar-refractivity contribution in [2.24, 2.45) is 0 Å². The first kappa shape index (κ1) is 12.7. The molecule has 4 heteroatoms. The topological polar surface area (TPSA) is 21.3 Å². The summed E-state index contributed by atoms with van der Waals surface area (Å²) in [5.74, 6) is 0.236. The van der Waals surface area contributed by atoms with Crippen molar-refractivity contribution >= 4 is 11.6 Å². The van der Waals surface area contributed by atoms with Crippen LogP contribution in [0.3, 0.4) is 0 Å². The van der Waals surface area contributed by atoms with E-state index < -0.39 is 5.82 Å². The number of hydrogen-bond donors (Lipinski definition) is 1. The Labute approximate surface area is 106 Å². The molecule has 1 aromatic carbocycles. The van der Waals surface area contributed by atoms with Gasteiger partial charge in [0.05, 0.1) is 5.02 Å². The van der Waals surface area contributed by atoms with Crippen molar-refractivity contribution in [3.05, 3.63) is 29.0 Å². The second-order valence-electron chi connectivity index (χ2n) is 4.54. The van der Waals surface area contributed by atoms with Crippen molar-refractivity contribution in [2.75, 3.05) is 13.1 Å². The maximum atomic E-state index is 13.0. The summed E-state index contributed by atoms with van der Waals surface area (Å²) in [7, 11) is 0. The highest BCUT2D eigenvalue weighted by Crippen LogP contribution is 2.40. The van der Waals surface area contributed by atoms with E-state index in [4.69, 9.17) is 16.3 Å². The normalized spacial score (nSPS) is 16.9. The van der Waals surface area contributed by atoms with Crippen LogP contribution in [0.5, 0.6) is 5.75 Å². The fourth-order valence-corrected chi connectivity index (χ4v) is 1.91. The van der Waals surface area contributed by atoms with Gasteiger partial charge in [-0.25, -0.2) is 4.39 Å². The smallest absolute Gasteiger partial charge is 0.142 e. The number of nitrogens with one attached hydrogen (secondary N) is 1. The van der Waals surface area contributed by atoms with Gasteiger partial charge in [-0.1, -0.05) is 18.5 Å². The predicted molar refractivity (Wildman–Crippen MR) is 67.2 cm³/mol. The summed E-state index contributed by atoms with van der Waals surface area (Å²) in [5.41, 5.74) is -0.101. The summed E-state index contributed by atoms with van der Waals surface area (Å²) in [5, 5.41) is 3.46. The average Bonchev–Trinajstić information content (AvgIpc) is 3.04. The molecule has 0 unspecified atom stereocenters. The summed E-state index contributed by atoms with van der Waals surface area (Å²) < 4.78 is 18.9. The molecule has 1 aromatic rings. The van der Waals surface area contributed by atoms with Crippen LogP contribution in [0, 0.1) is 5.82 Å². The molecular formula is C13H17ClFNO. The lowest BCUT2D eigenvalue weighted by Crippen LogP contribution is -2.33. The average molecular weight is 258 g/mol. The molecule has 0 aromatic heterocycles. The number of benzene rings is 1. The molecule has 0 heterocycles. The number of hydrogen-bond acceptors (Lipinski definition) is 2. The molecule has 17 heavy (non-hydrogen) atoms. The van der Waals surface area contributed by atoms with Gasteiger partial charge >= 0.3 is 0 Å². The van der Waals surface area contributed by atoms with Gasteiger partial charge in [0.25, 0.3) is 0 Å². The van der Waals surface area contributed by atoms with Crippen molar-refractivity contribution < 1.29 is 9.13 Å². The molecule has 2 rings (SSSR count). The highest BCUT2D eigenvalue weighted by molar-refractivity contribution is 6.30. The van der Waals surface area contributed by atoms with Crippen molar-refractivity contribution in [1.82, 2.24) is 5.32 Å². The first-order valence-electron chi connectivity index (χ1n) is 6.00. The summed E-state index contributed by atoms with van der Waals surface area (Å²) in [6.45, 7) is 3.97. The Morgan fingerprint density at radius 2 is 2.24 bits per heavy atom. The first-order valence-corrected chi connectivity index (χ1v) is 6.38. The summed E-state index contributed by atoms with van der Waals surface area (Å²) >= 11 is 5.72. The van der Waals surface area contributed by atoms with Crippen LogP contribution < -0.4 is 10.1 Å². The Bertz CT molecular complexity index is 393. The zero-order chi connectivity index (χ0) is 12.3. The van der Waals surface area contributed by atoms with E-state index in [0.717, 1.165) is 32.4 Å². The molecule has 0 amide bonds. The molecule has 1 N–H and O–H groups in total. The first-order chi connectivity index (χ1) is 8.15. The van der Waals surface area contributed by atoms with Gasteiger partial charge in [-0.15, -0.1) is 0 Å². The molecule has 1 aliphatic carbocycles. The van der Waals surface area contributed by atoms with Gasteiger partial charge in [-0.3, -0.25) is 0 Å². The predicted octanol–water partition coefficient (Wildman–Crippen LogP) is 3.39. The lowest BCUT2D eigenvalue weighted by atomic mass is 10.3. The molecule has 2 nitrogen and oxygen atoms in total. The maximum Gasteiger partial charge on any atom is 0.142 e. The van der Waals surface area contributed by atoms with Crippen LogP contribution in [0.1, 0.15) is 26.2 Å². The third-order valence-electron chi connectivity index (χ3n) is 2.91. The lowest BCUT2D eigenvalue weighted by molar-refractivity contribution is 0.175. The van der Waals surface area contributed by atoms with E-state index in [-0.39, 0.29) is 10.6 Å². The van der Waals surface area contributed by atoms with Gasteiger partial charge in [0.15, 0.2) is 0 Å². The van der Waals surface area contributed by atoms with E-state index in [1.54, 1.807) is 6.07 Å². The maximum absolute atomic E-state index is 13.0. The largest absolute Gasteiger partial charge is 0.486 e. The minimum Gasteiger partial charge on any atom is -0.486 e. The molecule has 0 spiro atoms. The van der Waals surface area contributed by atoms with Gasteiger partial charge < -0.3 is 10.1 Å². The Balaban J connectivity index is 1.93. The summed E-state index contributed by atoms with van der Waals surface area (Å²) in [4.78, 5) is 0. The van der Waals surface area contributed by atoms with Crippen LogP contribution >= 0.6 is 11.6 Å². The SMILES string of the molecule is CCCNCC1(Oc2ccc(F)c(Cl)c2)CC1. The molecular weight excluding hydrogens is 241 g/mol. The van der Waals surface area contributed by atoms with Crippen molar-refractivity contribution in [3.8, 4) is 5.75 Å². The van der Waals surface area contributed by atoms with E-state index in [2.05, 4.69) is 12.2 Å². The fraction of sp³-hybridized carbons (Fsp3) is 0.538. The fourth-order valence-electron chi connectivity index (χ4n) is 1.74. The number of ether oxygens (including phenoxy) is 1. The minimum absolute atomic E-state index is 0.101. The van der Waals surface area contributed by atoms with Crippen molar-refractivity contribution in [3.63, 3.8) is 0 Å². The van der Waals surface area contributed by atoms with Gasteiger partial charge in [0, 0.05) is 12.6 Å². The summed E-state index contributed by atoms with van der Waals surface area (Å²) in [6, 6.07) is 4.51. The molecule has 1 saturated carbocycles. The third kappa shape index (κ3) is 3.33. The van der Waals surface area contributed by atoms with Crippen molar-refractivity contribution in [1.29, 1.82) is 0 Å². The Hall–Kier alpha value is -0.800. The van der Waals surface area contributed by atoms with Crippen LogP contribution in [0.25, 0.3) is 0 Å². The quantitative estimate of drug-likeness (QED) is 0.789. The van der Waals surface area contributed by atoms with Gasteiger partial charge in [-0.2, -0.15) is 0 Å². The van der Waals surface area contributed by atoms with Crippen LogP contribution in [0.2, 0.25) is 5.02 Å². The zero-order valence-electron chi connectivity index (χ0n) is 9.93. The second kappa shape index (κ2) is 5.23. The Kier molecular flexibility index (Phi) is 3.89. The molecule has 94 valence electrons. The van der Waals surface area contributed by atoms with Crippen molar-refractivity contribution in [2.45, 2.75) is 31.8 Å². The van der Waals surface area contributed by atoms with E-state index in [1.165, 1.54) is 12.1 Å². The molecule has 0 bridgehead atoms. The highest BCUT2D eigenvalue weighted by Gasteiger charge is 2.45. The van der Waals surface area contributed by atoms with Gasteiger partial charge in [-0.05, 0) is 37.9 Å². The van der Waals surface area contributed by atoms with Gasteiger partial charge in [0.2, 0.25) is 0 Å². The summed E-state index contributed by atoms with van der Waals surface area (Å²) in [6.07, 6.45) is 3.19. The second-order valence-corrected chi connectivity index (χ2v) is 4.94. The Morgan fingerprint density at radius 1 is 1.47 bits per heavy atom. The van der Waals surface area contributed by atoms with Gasteiger partial charge in [0.1, 0.15) is 17.2 Å². The molecule has 0 radical (unpaired) electrons. The zero-order valence-corrected chi connectivity index (χ0v) is 10.7. The monoisotopic (exact) mass is 257 g/mol. The molecule has 1 aliphatic rings.